The molecule has 0 aromatic heterocycles. The maximum absolute atomic E-state index is 12.9. The van der Waals surface area contributed by atoms with Crippen LogP contribution in [0.25, 0.3) is 0 Å². The molecule has 0 heterocycles. The Labute approximate surface area is 112 Å². The summed E-state index contributed by atoms with van der Waals surface area (Å²) in [6, 6.07) is 0. The molecule has 0 bridgehead atoms. The van der Waals surface area contributed by atoms with Crippen molar-refractivity contribution in [3.63, 3.8) is 0 Å². The Balaban J connectivity index is 3.81. The number of alkyl halides is 4. The van der Waals surface area contributed by atoms with Gasteiger partial charge in [-0.05, 0) is 0 Å². The van der Waals surface area contributed by atoms with Crippen molar-refractivity contribution in [3.8, 4) is 0 Å². The summed E-state index contributed by atoms with van der Waals surface area (Å²) in [5.74, 6) is -3.76. The van der Waals surface area contributed by atoms with Crippen molar-refractivity contribution in [2.45, 2.75) is 18.1 Å². The Morgan fingerprint density at radius 2 is 1.55 bits per heavy atom. The minimum atomic E-state index is -3.97. The van der Waals surface area contributed by atoms with Crippen molar-refractivity contribution in [1.29, 1.82) is 0 Å². The van der Waals surface area contributed by atoms with Gasteiger partial charge in [-0.3, -0.25) is 0 Å². The first-order valence-electron chi connectivity index (χ1n) is 5.67. The largest absolute Gasteiger partial charge is 0.394 e. The molecule has 0 saturated heterocycles. The Bertz CT molecular complexity index is 254. The van der Waals surface area contributed by atoms with Crippen LogP contribution in [0.3, 0.4) is 0 Å². The first kappa shape index (κ1) is 19.5. The molecule has 1 unspecified atom stereocenters. The molecule has 122 valence electrons. The van der Waals surface area contributed by atoms with Gasteiger partial charge in [0.15, 0.2) is 0 Å². The lowest BCUT2D eigenvalue weighted by Gasteiger charge is -2.21. The molecule has 0 spiro atoms. The lowest BCUT2D eigenvalue weighted by Crippen LogP contribution is -2.37. The van der Waals surface area contributed by atoms with Crippen LogP contribution in [0, 0.1) is 0 Å². The zero-order chi connectivity index (χ0) is 15.6. The summed E-state index contributed by atoms with van der Waals surface area (Å²) in [5.41, 5.74) is 0. The Kier molecular flexibility index (Phi) is 9.18. The van der Waals surface area contributed by atoms with Gasteiger partial charge in [-0.15, -0.1) is 0 Å². The molecule has 0 aromatic carbocycles. The van der Waals surface area contributed by atoms with E-state index in [1.54, 1.807) is 0 Å². The fourth-order valence-corrected chi connectivity index (χ4v) is 0.944. The van der Waals surface area contributed by atoms with Gasteiger partial charge in [0, 0.05) is 0 Å². The summed E-state index contributed by atoms with van der Waals surface area (Å²) in [7, 11) is 0. The van der Waals surface area contributed by atoms with Crippen LogP contribution < -0.4 is 0 Å². The van der Waals surface area contributed by atoms with E-state index in [1.807, 2.05) is 0 Å². The zero-order valence-electron chi connectivity index (χ0n) is 10.6. The van der Waals surface area contributed by atoms with Gasteiger partial charge in [0.25, 0.3) is 5.92 Å². The van der Waals surface area contributed by atoms with Crippen molar-refractivity contribution >= 4 is 0 Å². The van der Waals surface area contributed by atoms with Gasteiger partial charge in [0.2, 0.25) is 0 Å². The van der Waals surface area contributed by atoms with Gasteiger partial charge >= 0.3 is 6.11 Å². The third kappa shape index (κ3) is 10.3. The topological polar surface area (TPSA) is 88.4 Å². The van der Waals surface area contributed by atoms with Gasteiger partial charge in [-0.2, -0.15) is 8.78 Å². The molecule has 0 amide bonds. The van der Waals surface area contributed by atoms with Crippen LogP contribution >= 0.6 is 0 Å². The van der Waals surface area contributed by atoms with Crippen LogP contribution in [-0.4, -0.2) is 79.7 Å². The van der Waals surface area contributed by atoms with E-state index >= 15 is 0 Å². The van der Waals surface area contributed by atoms with E-state index in [0.29, 0.717) is 0 Å². The second kappa shape index (κ2) is 9.42. The van der Waals surface area contributed by atoms with Gasteiger partial charge < -0.3 is 29.5 Å². The average molecular weight is 310 g/mol. The summed E-state index contributed by atoms with van der Waals surface area (Å²) >= 11 is 0. The number of aliphatic hydroxyl groups is 3. The van der Waals surface area contributed by atoms with Crippen LogP contribution in [0.15, 0.2) is 0 Å². The predicted molar refractivity (Wildman–Crippen MR) is 57.7 cm³/mol. The SMILES string of the molecule is OCCOCC(O)COCC(F)(F)OCC(F)(F)CO. The maximum Gasteiger partial charge on any atom is 0.379 e. The molecular weight excluding hydrogens is 292 g/mol. The summed E-state index contributed by atoms with van der Waals surface area (Å²) in [6.07, 6.45) is -5.17. The predicted octanol–water partition coefficient (Wildman–Crippen LogP) is -0.390. The van der Waals surface area contributed by atoms with E-state index in [0.717, 1.165) is 0 Å². The van der Waals surface area contributed by atoms with Gasteiger partial charge in [-0.25, -0.2) is 8.78 Å². The van der Waals surface area contributed by atoms with Gasteiger partial charge in [0.1, 0.15) is 25.9 Å². The fraction of sp³-hybridized carbons (Fsp3) is 1.00. The molecule has 3 N–H and O–H groups in total. The minimum Gasteiger partial charge on any atom is -0.394 e. The minimum absolute atomic E-state index is 0.0213. The standard InChI is InChI=1S/C10H18F4O6/c11-9(12,5-16)6-20-10(13,14)7-19-4-8(17)3-18-2-1-15/h8,15-17H,1-7H2. The lowest BCUT2D eigenvalue weighted by atomic mass is 10.4. The normalized spacial score (nSPS) is 14.6. The van der Waals surface area contributed by atoms with Crippen molar-refractivity contribution in [3.05, 3.63) is 0 Å². The number of aliphatic hydroxyl groups excluding tert-OH is 3. The molecule has 0 rings (SSSR count). The summed E-state index contributed by atoms with van der Waals surface area (Å²) in [6.45, 7) is -5.60. The molecule has 0 aliphatic rings. The highest BCUT2D eigenvalue weighted by atomic mass is 19.3. The molecular formula is C10H18F4O6. The van der Waals surface area contributed by atoms with Crippen LogP contribution in [0.5, 0.6) is 0 Å². The highest BCUT2D eigenvalue weighted by molar-refractivity contribution is 4.64. The molecule has 0 aliphatic heterocycles. The lowest BCUT2D eigenvalue weighted by molar-refractivity contribution is -0.290. The second-order valence-electron chi connectivity index (χ2n) is 3.91. The Morgan fingerprint density at radius 1 is 0.950 bits per heavy atom. The van der Waals surface area contributed by atoms with Crippen molar-refractivity contribution in [1.82, 2.24) is 0 Å². The highest BCUT2D eigenvalue weighted by Gasteiger charge is 2.37. The third-order valence-corrected chi connectivity index (χ3v) is 1.85. The molecule has 1 atom stereocenters. The molecule has 6 nitrogen and oxygen atoms in total. The van der Waals surface area contributed by atoms with Crippen molar-refractivity contribution in [2.24, 2.45) is 0 Å². The molecule has 10 heteroatoms. The first-order valence-corrected chi connectivity index (χ1v) is 5.67. The number of ether oxygens (including phenoxy) is 3. The van der Waals surface area contributed by atoms with E-state index < -0.39 is 44.6 Å². The van der Waals surface area contributed by atoms with Crippen LogP contribution in [-0.2, 0) is 14.2 Å². The van der Waals surface area contributed by atoms with Crippen molar-refractivity contribution in [2.75, 3.05) is 46.2 Å². The summed E-state index contributed by atoms with van der Waals surface area (Å²) < 4.78 is 63.6. The second-order valence-corrected chi connectivity index (χ2v) is 3.91. The maximum atomic E-state index is 12.9. The molecule has 0 aliphatic carbocycles. The van der Waals surface area contributed by atoms with E-state index in [9.17, 15) is 22.7 Å². The molecule has 0 fully saturated rings. The summed E-state index contributed by atoms with van der Waals surface area (Å²) in [4.78, 5) is 0. The first-order chi connectivity index (χ1) is 9.22. The smallest absolute Gasteiger partial charge is 0.379 e. The number of hydrogen-bond donors (Lipinski definition) is 3. The Morgan fingerprint density at radius 3 is 2.10 bits per heavy atom. The van der Waals surface area contributed by atoms with Gasteiger partial charge in [0.05, 0.1) is 26.4 Å². The van der Waals surface area contributed by atoms with E-state index in [2.05, 4.69) is 9.47 Å². The monoisotopic (exact) mass is 310 g/mol. The van der Waals surface area contributed by atoms with Crippen LogP contribution in [0.4, 0.5) is 17.6 Å². The molecule has 0 radical (unpaired) electrons. The molecule has 20 heavy (non-hydrogen) atoms. The molecule has 0 aromatic rings. The average Bonchev–Trinajstić information content (AvgIpc) is 2.37. The van der Waals surface area contributed by atoms with E-state index in [1.165, 1.54) is 0 Å². The zero-order valence-corrected chi connectivity index (χ0v) is 10.6. The van der Waals surface area contributed by atoms with Crippen LogP contribution in [0.1, 0.15) is 0 Å². The van der Waals surface area contributed by atoms with Crippen LogP contribution in [0.2, 0.25) is 0 Å². The molecule has 0 saturated carbocycles. The quantitative estimate of drug-likeness (QED) is 0.336. The third-order valence-electron chi connectivity index (χ3n) is 1.85. The number of halogens is 4. The van der Waals surface area contributed by atoms with Gasteiger partial charge in [-0.1, -0.05) is 0 Å². The Hall–Kier alpha value is -0.520. The van der Waals surface area contributed by atoms with E-state index in [-0.39, 0.29) is 19.8 Å². The highest BCUT2D eigenvalue weighted by Crippen LogP contribution is 2.21. The van der Waals surface area contributed by atoms with E-state index in [4.69, 9.17) is 14.9 Å². The van der Waals surface area contributed by atoms with Crippen molar-refractivity contribution < 1.29 is 47.1 Å². The number of hydrogen-bond acceptors (Lipinski definition) is 6. The summed E-state index contributed by atoms with van der Waals surface area (Å²) in [5, 5.41) is 25.7. The fourth-order valence-electron chi connectivity index (χ4n) is 0.944. The number of rotatable bonds is 12.